The van der Waals surface area contributed by atoms with Crippen LogP contribution in [0.1, 0.15) is 52.9 Å². The van der Waals surface area contributed by atoms with Gasteiger partial charge in [-0.25, -0.2) is 0 Å². The summed E-state index contributed by atoms with van der Waals surface area (Å²) in [6.07, 6.45) is 5.82. The Morgan fingerprint density at radius 2 is 1.50 bits per heavy atom. The van der Waals surface area contributed by atoms with Crippen molar-refractivity contribution in [3.05, 3.63) is 0 Å². The van der Waals surface area contributed by atoms with Crippen molar-refractivity contribution in [2.24, 2.45) is 11.8 Å². The zero-order valence-electron chi connectivity index (χ0n) is 14.8. The molecule has 1 amide bonds. The van der Waals surface area contributed by atoms with Crippen LogP contribution in [0, 0.1) is 11.8 Å². The van der Waals surface area contributed by atoms with Crippen molar-refractivity contribution < 1.29 is 4.79 Å². The maximum Gasteiger partial charge on any atom is 0.220 e. The maximum atomic E-state index is 11.8. The normalized spacial score (nSPS) is 23.1. The molecular weight excluding hydrogens is 274 g/mol. The van der Waals surface area contributed by atoms with Crippen LogP contribution in [0.4, 0.5) is 0 Å². The Morgan fingerprint density at radius 1 is 1.00 bits per heavy atom. The number of nitrogens with one attached hydrogen (secondary N) is 1. The van der Waals surface area contributed by atoms with Crippen molar-refractivity contribution in [1.82, 2.24) is 15.1 Å². The van der Waals surface area contributed by atoms with Gasteiger partial charge in [0.05, 0.1) is 0 Å². The van der Waals surface area contributed by atoms with E-state index in [0.29, 0.717) is 5.92 Å². The quantitative estimate of drug-likeness (QED) is 0.818. The van der Waals surface area contributed by atoms with Gasteiger partial charge >= 0.3 is 0 Å². The Kier molecular flexibility index (Phi) is 7.16. The van der Waals surface area contributed by atoms with Gasteiger partial charge in [-0.3, -0.25) is 4.79 Å². The molecule has 0 radical (unpaired) electrons. The van der Waals surface area contributed by atoms with Crippen molar-refractivity contribution >= 4 is 5.91 Å². The van der Waals surface area contributed by atoms with Crippen LogP contribution >= 0.6 is 0 Å². The number of piperidine rings is 2. The average Bonchev–Trinajstić information content (AvgIpc) is 2.47. The Bertz CT molecular complexity index is 329. The summed E-state index contributed by atoms with van der Waals surface area (Å²) < 4.78 is 0. The molecule has 2 aliphatic heterocycles. The van der Waals surface area contributed by atoms with E-state index in [9.17, 15) is 4.79 Å². The number of hydrogen-bond donors (Lipinski definition) is 1. The molecule has 0 bridgehead atoms. The van der Waals surface area contributed by atoms with Gasteiger partial charge in [-0.2, -0.15) is 0 Å². The third-order valence-electron chi connectivity index (χ3n) is 5.24. The maximum absolute atomic E-state index is 11.8. The van der Waals surface area contributed by atoms with Crippen molar-refractivity contribution in [3.8, 4) is 0 Å². The van der Waals surface area contributed by atoms with Gasteiger partial charge in [0.2, 0.25) is 5.91 Å². The topological polar surface area (TPSA) is 35.6 Å². The zero-order chi connectivity index (χ0) is 15.9. The van der Waals surface area contributed by atoms with Crippen molar-refractivity contribution in [1.29, 1.82) is 0 Å². The van der Waals surface area contributed by atoms with Crippen LogP contribution in [0.5, 0.6) is 0 Å². The molecule has 4 heteroatoms. The van der Waals surface area contributed by atoms with E-state index >= 15 is 0 Å². The third kappa shape index (κ3) is 6.25. The predicted octanol–water partition coefficient (Wildman–Crippen LogP) is 2.34. The Morgan fingerprint density at radius 3 is 2.00 bits per heavy atom. The highest BCUT2D eigenvalue weighted by molar-refractivity contribution is 5.76. The van der Waals surface area contributed by atoms with Gasteiger partial charge in [-0.05, 0) is 77.5 Å². The fraction of sp³-hybridized carbons (Fsp3) is 0.944. The molecule has 2 heterocycles. The minimum absolute atomic E-state index is 0.232. The summed E-state index contributed by atoms with van der Waals surface area (Å²) in [5, 5.41) is 3.01. The summed E-state index contributed by atoms with van der Waals surface area (Å²) in [6.45, 7) is 13.8. The van der Waals surface area contributed by atoms with Crippen LogP contribution in [-0.4, -0.2) is 61.0 Å². The van der Waals surface area contributed by atoms with E-state index in [2.05, 4.69) is 22.0 Å². The summed E-state index contributed by atoms with van der Waals surface area (Å²) in [4.78, 5) is 17.0. The lowest BCUT2D eigenvalue weighted by atomic mass is 9.93. The number of carbonyl (C=O) groups excluding carboxylic acids is 1. The van der Waals surface area contributed by atoms with E-state index in [1.165, 1.54) is 65.0 Å². The molecular formula is C18H35N3O. The lowest BCUT2D eigenvalue weighted by Gasteiger charge is -2.35. The second-order valence-corrected chi connectivity index (χ2v) is 7.74. The lowest BCUT2D eigenvalue weighted by molar-refractivity contribution is -0.122. The zero-order valence-corrected chi connectivity index (χ0v) is 14.8. The van der Waals surface area contributed by atoms with E-state index < -0.39 is 0 Å². The molecule has 0 spiro atoms. The van der Waals surface area contributed by atoms with Crippen LogP contribution in [0.3, 0.4) is 0 Å². The number of rotatable bonds is 6. The first-order valence-electron chi connectivity index (χ1n) is 9.27. The van der Waals surface area contributed by atoms with E-state index in [-0.39, 0.29) is 11.9 Å². The van der Waals surface area contributed by atoms with Crippen molar-refractivity contribution in [2.45, 2.75) is 58.9 Å². The molecule has 2 saturated heterocycles. The summed E-state index contributed by atoms with van der Waals surface area (Å²) in [5.41, 5.74) is 0. The van der Waals surface area contributed by atoms with Gasteiger partial charge in [0.15, 0.2) is 0 Å². The summed E-state index contributed by atoms with van der Waals surface area (Å²) >= 11 is 0. The van der Waals surface area contributed by atoms with Gasteiger partial charge in [0, 0.05) is 25.6 Å². The summed E-state index contributed by atoms with van der Waals surface area (Å²) in [5.74, 6) is 1.74. The molecule has 0 aromatic heterocycles. The van der Waals surface area contributed by atoms with Gasteiger partial charge in [0.25, 0.3) is 0 Å². The number of likely N-dealkylation sites (tertiary alicyclic amines) is 2. The minimum Gasteiger partial charge on any atom is -0.354 e. The Hall–Kier alpha value is -0.610. The second kappa shape index (κ2) is 8.88. The molecule has 0 aliphatic carbocycles. The second-order valence-electron chi connectivity index (χ2n) is 7.74. The highest BCUT2D eigenvalue weighted by Crippen LogP contribution is 2.21. The molecule has 0 aromatic carbocycles. The molecule has 4 nitrogen and oxygen atoms in total. The van der Waals surface area contributed by atoms with Gasteiger partial charge in [0.1, 0.15) is 0 Å². The van der Waals surface area contributed by atoms with E-state index in [4.69, 9.17) is 0 Å². The Labute approximate surface area is 136 Å². The van der Waals surface area contributed by atoms with Crippen LogP contribution in [0.15, 0.2) is 0 Å². The van der Waals surface area contributed by atoms with Gasteiger partial charge in [-0.15, -0.1) is 0 Å². The van der Waals surface area contributed by atoms with Gasteiger partial charge in [-0.1, -0.05) is 6.92 Å². The lowest BCUT2D eigenvalue weighted by Crippen LogP contribution is -2.42. The predicted molar refractivity (Wildman–Crippen MR) is 91.9 cm³/mol. The van der Waals surface area contributed by atoms with E-state index in [0.717, 1.165) is 12.3 Å². The molecule has 0 aromatic rings. The molecule has 2 fully saturated rings. The largest absolute Gasteiger partial charge is 0.354 e. The SMILES string of the molecule is CC1CCN(CCN2CCC(CC(=O)NC(C)C)CC2)CC1. The first kappa shape index (κ1) is 17.7. The summed E-state index contributed by atoms with van der Waals surface area (Å²) in [7, 11) is 0. The highest BCUT2D eigenvalue weighted by Gasteiger charge is 2.22. The Balaban J connectivity index is 1.58. The van der Waals surface area contributed by atoms with Gasteiger partial charge < -0.3 is 15.1 Å². The summed E-state index contributed by atoms with van der Waals surface area (Å²) in [6, 6.07) is 0.264. The van der Waals surface area contributed by atoms with Crippen LogP contribution in [-0.2, 0) is 4.79 Å². The fourth-order valence-electron chi connectivity index (χ4n) is 3.63. The molecule has 0 atom stereocenters. The molecule has 2 aliphatic rings. The monoisotopic (exact) mass is 309 g/mol. The van der Waals surface area contributed by atoms with E-state index in [1.807, 2.05) is 13.8 Å². The van der Waals surface area contributed by atoms with E-state index in [1.54, 1.807) is 0 Å². The van der Waals surface area contributed by atoms with Crippen LogP contribution in [0.2, 0.25) is 0 Å². The molecule has 22 heavy (non-hydrogen) atoms. The molecule has 0 saturated carbocycles. The number of carbonyl (C=O) groups is 1. The smallest absolute Gasteiger partial charge is 0.220 e. The minimum atomic E-state index is 0.232. The van der Waals surface area contributed by atoms with Crippen LogP contribution < -0.4 is 5.32 Å². The third-order valence-corrected chi connectivity index (χ3v) is 5.24. The highest BCUT2D eigenvalue weighted by atomic mass is 16.1. The molecule has 128 valence electrons. The molecule has 2 rings (SSSR count). The average molecular weight is 309 g/mol. The molecule has 0 unspecified atom stereocenters. The van der Waals surface area contributed by atoms with Crippen LogP contribution in [0.25, 0.3) is 0 Å². The first-order chi connectivity index (χ1) is 10.5. The van der Waals surface area contributed by atoms with Crippen molar-refractivity contribution in [2.75, 3.05) is 39.3 Å². The standard InChI is InChI=1S/C18H35N3O/c1-15(2)19-18(22)14-17-6-10-21(11-7-17)13-12-20-8-4-16(3)5-9-20/h15-17H,4-14H2,1-3H3,(H,19,22). The number of nitrogens with zero attached hydrogens (tertiary/aromatic N) is 2. The number of amides is 1. The number of hydrogen-bond acceptors (Lipinski definition) is 3. The first-order valence-corrected chi connectivity index (χ1v) is 9.27. The fourth-order valence-corrected chi connectivity index (χ4v) is 3.63. The molecule has 1 N–H and O–H groups in total. The van der Waals surface area contributed by atoms with Crippen molar-refractivity contribution in [3.63, 3.8) is 0 Å².